The van der Waals surface area contributed by atoms with Crippen molar-refractivity contribution in [1.82, 2.24) is 19.7 Å². The second-order valence-electron chi connectivity index (χ2n) is 8.41. The van der Waals surface area contributed by atoms with E-state index >= 15 is 0 Å². The van der Waals surface area contributed by atoms with Crippen molar-refractivity contribution in [3.63, 3.8) is 0 Å². The lowest BCUT2D eigenvalue weighted by Gasteiger charge is -2.18. The number of rotatable bonds is 5. The summed E-state index contributed by atoms with van der Waals surface area (Å²) in [5.41, 5.74) is 0.975. The van der Waals surface area contributed by atoms with E-state index in [0.29, 0.717) is 22.9 Å². The van der Waals surface area contributed by atoms with Crippen LogP contribution in [0, 0.1) is 5.41 Å². The number of hydrogen-bond acceptors (Lipinski definition) is 7. The molecule has 2 amide bonds. The maximum atomic E-state index is 12.9. The molecule has 9 nitrogen and oxygen atoms in total. The number of nitrogens with zero attached hydrogens (tertiary/aromatic N) is 6. The van der Waals surface area contributed by atoms with Crippen molar-refractivity contribution in [2.45, 2.75) is 20.3 Å². The normalized spacial score (nSPS) is 15.4. The molecule has 0 aliphatic carbocycles. The van der Waals surface area contributed by atoms with Crippen LogP contribution in [0.3, 0.4) is 0 Å². The largest absolute Gasteiger partial charge is 0.363 e. The third-order valence-electron chi connectivity index (χ3n) is 5.28. The molecule has 0 spiro atoms. The third kappa shape index (κ3) is 4.02. The number of thiazole rings is 1. The van der Waals surface area contributed by atoms with E-state index in [1.807, 2.05) is 45.0 Å². The summed E-state index contributed by atoms with van der Waals surface area (Å²) in [5, 5.41) is 8.05. The van der Waals surface area contributed by atoms with Crippen molar-refractivity contribution < 1.29 is 9.59 Å². The van der Waals surface area contributed by atoms with Crippen molar-refractivity contribution >= 4 is 40.5 Å². The molecule has 0 atom stereocenters. The lowest BCUT2D eigenvalue weighted by atomic mass is 9.92. The average Bonchev–Trinajstić information content (AvgIpc) is 3.41. The summed E-state index contributed by atoms with van der Waals surface area (Å²) < 4.78 is 1.60. The van der Waals surface area contributed by atoms with Gasteiger partial charge in [-0.2, -0.15) is 5.10 Å². The molecule has 0 aromatic carbocycles. The predicted octanol–water partition coefficient (Wildman–Crippen LogP) is 3.02. The van der Waals surface area contributed by atoms with Gasteiger partial charge in [0.1, 0.15) is 21.4 Å². The van der Waals surface area contributed by atoms with Gasteiger partial charge in [-0.05, 0) is 18.6 Å². The Kier molecular flexibility index (Phi) is 5.26. The fourth-order valence-electron chi connectivity index (χ4n) is 3.42. The van der Waals surface area contributed by atoms with Gasteiger partial charge >= 0.3 is 0 Å². The van der Waals surface area contributed by atoms with E-state index < -0.39 is 5.41 Å². The smallest absolute Gasteiger partial charge is 0.267 e. The molecular weight excluding hydrogens is 414 g/mol. The molecule has 1 fully saturated rings. The van der Waals surface area contributed by atoms with Crippen LogP contribution in [0.5, 0.6) is 0 Å². The maximum absolute atomic E-state index is 12.9. The Hall–Kier alpha value is -3.27. The Bertz CT molecular complexity index is 1150. The van der Waals surface area contributed by atoms with E-state index in [-0.39, 0.29) is 11.8 Å². The number of nitrogens with one attached hydrogen (secondary N) is 1. The van der Waals surface area contributed by atoms with Crippen LogP contribution in [0.1, 0.15) is 29.9 Å². The van der Waals surface area contributed by atoms with E-state index in [2.05, 4.69) is 20.4 Å². The van der Waals surface area contributed by atoms with Gasteiger partial charge in [0.05, 0.1) is 12.4 Å². The van der Waals surface area contributed by atoms with E-state index in [9.17, 15) is 9.59 Å². The molecule has 10 heteroatoms. The Labute approximate surface area is 184 Å². The van der Waals surface area contributed by atoms with Crippen LogP contribution in [0.25, 0.3) is 10.6 Å². The van der Waals surface area contributed by atoms with E-state index in [0.717, 1.165) is 22.8 Å². The molecular formula is C21H25N7O2S. The van der Waals surface area contributed by atoms with Crippen molar-refractivity contribution in [3.05, 3.63) is 35.6 Å². The Balaban J connectivity index is 1.55. The van der Waals surface area contributed by atoms with Gasteiger partial charge in [-0.25, -0.2) is 9.97 Å². The zero-order valence-electron chi connectivity index (χ0n) is 18.2. The predicted molar refractivity (Wildman–Crippen MR) is 122 cm³/mol. The number of hydrogen-bond donors (Lipinski definition) is 1. The first-order valence-corrected chi connectivity index (χ1v) is 10.7. The molecule has 3 aromatic rings. The number of carbonyl (C=O) groups excluding carboxylic acids is 2. The number of pyridine rings is 1. The highest BCUT2D eigenvalue weighted by atomic mass is 32.1. The molecule has 162 valence electrons. The number of anilines is 3. The summed E-state index contributed by atoms with van der Waals surface area (Å²) in [6.07, 6.45) is 5.74. The second-order valence-corrected chi connectivity index (χ2v) is 9.44. The molecule has 1 aliphatic heterocycles. The van der Waals surface area contributed by atoms with Crippen molar-refractivity contribution in [3.8, 4) is 10.6 Å². The highest BCUT2D eigenvalue weighted by Gasteiger charge is 2.41. The zero-order valence-corrected chi connectivity index (χ0v) is 19.0. The summed E-state index contributed by atoms with van der Waals surface area (Å²) in [7, 11) is 5.61. The van der Waals surface area contributed by atoms with Crippen LogP contribution >= 0.6 is 11.3 Å². The lowest BCUT2D eigenvalue weighted by molar-refractivity contribution is -0.124. The average molecular weight is 440 g/mol. The van der Waals surface area contributed by atoms with E-state index in [1.165, 1.54) is 11.3 Å². The van der Waals surface area contributed by atoms with Crippen LogP contribution < -0.4 is 15.1 Å². The van der Waals surface area contributed by atoms with E-state index in [1.54, 1.807) is 35.2 Å². The van der Waals surface area contributed by atoms with Crippen LogP contribution in [0.4, 0.5) is 17.3 Å². The number of amides is 2. The van der Waals surface area contributed by atoms with Crippen LogP contribution in [0.2, 0.25) is 0 Å². The summed E-state index contributed by atoms with van der Waals surface area (Å²) in [5.74, 6) is 1.01. The molecule has 4 heterocycles. The highest BCUT2D eigenvalue weighted by molar-refractivity contribution is 7.17. The first-order chi connectivity index (χ1) is 14.7. The van der Waals surface area contributed by atoms with Crippen molar-refractivity contribution in [2.24, 2.45) is 12.5 Å². The van der Waals surface area contributed by atoms with Crippen LogP contribution in [-0.4, -0.2) is 52.2 Å². The molecule has 1 saturated heterocycles. The first kappa shape index (κ1) is 21.0. The Morgan fingerprint density at radius 2 is 2.06 bits per heavy atom. The van der Waals surface area contributed by atoms with Gasteiger partial charge in [0.2, 0.25) is 5.91 Å². The molecule has 31 heavy (non-hydrogen) atoms. The van der Waals surface area contributed by atoms with Gasteiger partial charge in [0, 0.05) is 44.9 Å². The van der Waals surface area contributed by atoms with E-state index in [4.69, 9.17) is 0 Å². The Morgan fingerprint density at radius 1 is 1.29 bits per heavy atom. The number of aryl methyl sites for hydroxylation is 1. The molecule has 4 rings (SSSR count). The fourth-order valence-corrected chi connectivity index (χ4v) is 4.23. The van der Waals surface area contributed by atoms with Gasteiger partial charge in [-0.15, -0.1) is 11.3 Å². The number of carbonyl (C=O) groups is 2. The topological polar surface area (TPSA) is 96.3 Å². The summed E-state index contributed by atoms with van der Waals surface area (Å²) in [6.45, 7) is 4.43. The lowest BCUT2D eigenvalue weighted by Crippen LogP contribution is -2.31. The molecule has 0 saturated carbocycles. The first-order valence-electron chi connectivity index (χ1n) is 9.92. The van der Waals surface area contributed by atoms with Gasteiger partial charge in [-0.3, -0.25) is 19.2 Å². The summed E-state index contributed by atoms with van der Waals surface area (Å²) >= 11 is 1.30. The van der Waals surface area contributed by atoms with Gasteiger partial charge in [0.15, 0.2) is 5.82 Å². The standard InChI is InChI=1S/C21H25N7O2S/c1-21(2)7-9-28(20(21)30)17-14(12-27(5)25-17)24-18(29)15-11-23-19(31-15)13-6-8-22-16(10-13)26(3)4/h6,8,10-12H,7,9H2,1-5H3,(H,24,29). The molecule has 1 N–H and O–H groups in total. The maximum Gasteiger partial charge on any atom is 0.267 e. The van der Waals surface area contributed by atoms with Gasteiger partial charge in [0.25, 0.3) is 5.91 Å². The summed E-state index contributed by atoms with van der Waals surface area (Å²) in [6, 6.07) is 3.80. The zero-order chi connectivity index (χ0) is 22.3. The molecule has 1 aliphatic rings. The number of aromatic nitrogens is 4. The van der Waals surface area contributed by atoms with Crippen molar-refractivity contribution in [2.75, 3.05) is 35.8 Å². The molecule has 0 radical (unpaired) electrons. The molecule has 3 aromatic heterocycles. The third-order valence-corrected chi connectivity index (χ3v) is 6.32. The van der Waals surface area contributed by atoms with Crippen molar-refractivity contribution in [1.29, 1.82) is 0 Å². The minimum atomic E-state index is -0.429. The fraction of sp³-hybridized carbons (Fsp3) is 0.381. The van der Waals surface area contributed by atoms with Crippen LogP contribution in [0.15, 0.2) is 30.7 Å². The van der Waals surface area contributed by atoms with Gasteiger partial charge in [-0.1, -0.05) is 13.8 Å². The minimum Gasteiger partial charge on any atom is -0.363 e. The SMILES string of the molecule is CN(C)c1cc(-c2ncc(C(=O)Nc3cn(C)nc3N3CCC(C)(C)C3=O)s2)ccn1. The molecule has 0 unspecified atom stereocenters. The molecule has 0 bridgehead atoms. The minimum absolute atomic E-state index is 0.0103. The quantitative estimate of drug-likeness (QED) is 0.657. The highest BCUT2D eigenvalue weighted by Crippen LogP contribution is 2.36. The Morgan fingerprint density at radius 3 is 2.74 bits per heavy atom. The second kappa shape index (κ2) is 7.77. The monoisotopic (exact) mass is 439 g/mol. The van der Waals surface area contributed by atoms with Gasteiger partial charge < -0.3 is 10.2 Å². The van der Waals surface area contributed by atoms with Crippen LogP contribution in [-0.2, 0) is 11.8 Å². The summed E-state index contributed by atoms with van der Waals surface area (Å²) in [4.78, 5) is 38.4.